The molecule has 180 valence electrons. The SMILES string of the molecule is COc1ccc(CCCN(C)C(=O)c2ccc(S(=O)(=O)N3CCCC[C@@H]3C)cc2)cc1OC. The Labute approximate surface area is 197 Å². The molecule has 0 spiro atoms. The number of amides is 1. The first-order valence-corrected chi connectivity index (χ1v) is 12.8. The van der Waals surface area contributed by atoms with Crippen molar-refractivity contribution >= 4 is 15.9 Å². The number of rotatable bonds is 9. The van der Waals surface area contributed by atoms with Crippen molar-refractivity contribution in [3.05, 3.63) is 53.6 Å². The summed E-state index contributed by atoms with van der Waals surface area (Å²) in [6.07, 6.45) is 4.40. The minimum Gasteiger partial charge on any atom is -0.493 e. The molecule has 7 nitrogen and oxygen atoms in total. The van der Waals surface area contributed by atoms with Gasteiger partial charge >= 0.3 is 0 Å². The van der Waals surface area contributed by atoms with Crippen LogP contribution in [0, 0.1) is 0 Å². The molecule has 1 fully saturated rings. The summed E-state index contributed by atoms with van der Waals surface area (Å²) >= 11 is 0. The molecule has 0 N–H and O–H groups in total. The maximum absolute atomic E-state index is 13.0. The van der Waals surface area contributed by atoms with Crippen LogP contribution in [0.4, 0.5) is 0 Å². The summed E-state index contributed by atoms with van der Waals surface area (Å²) in [7, 11) is 1.43. The van der Waals surface area contributed by atoms with Crippen LogP contribution in [0.1, 0.15) is 48.5 Å². The Kier molecular flexibility index (Phi) is 8.37. The third-order valence-corrected chi connectivity index (χ3v) is 8.23. The number of methoxy groups -OCH3 is 2. The topological polar surface area (TPSA) is 76.2 Å². The molecule has 0 aliphatic carbocycles. The van der Waals surface area contributed by atoms with E-state index in [0.717, 1.165) is 37.7 Å². The van der Waals surface area contributed by atoms with Gasteiger partial charge in [0.05, 0.1) is 19.1 Å². The van der Waals surface area contributed by atoms with Crippen LogP contribution in [0.3, 0.4) is 0 Å². The zero-order valence-corrected chi connectivity index (χ0v) is 20.7. The van der Waals surface area contributed by atoms with Crippen molar-refractivity contribution in [3.63, 3.8) is 0 Å². The van der Waals surface area contributed by atoms with Crippen molar-refractivity contribution in [2.75, 3.05) is 34.4 Å². The van der Waals surface area contributed by atoms with Crippen LogP contribution in [0.15, 0.2) is 47.4 Å². The highest BCUT2D eigenvalue weighted by Crippen LogP contribution is 2.28. The van der Waals surface area contributed by atoms with E-state index in [4.69, 9.17) is 9.47 Å². The Morgan fingerprint density at radius 2 is 1.76 bits per heavy atom. The van der Waals surface area contributed by atoms with Crippen molar-refractivity contribution in [1.29, 1.82) is 0 Å². The van der Waals surface area contributed by atoms with E-state index >= 15 is 0 Å². The second kappa shape index (κ2) is 11.0. The van der Waals surface area contributed by atoms with Gasteiger partial charge in [0.25, 0.3) is 5.91 Å². The number of carbonyl (C=O) groups excluding carboxylic acids is 1. The number of nitrogens with zero attached hydrogens (tertiary/aromatic N) is 2. The molecule has 33 heavy (non-hydrogen) atoms. The molecule has 0 unspecified atom stereocenters. The largest absolute Gasteiger partial charge is 0.493 e. The maximum Gasteiger partial charge on any atom is 0.253 e. The quantitative estimate of drug-likeness (QED) is 0.550. The third-order valence-electron chi connectivity index (χ3n) is 6.20. The third kappa shape index (κ3) is 5.86. The van der Waals surface area contributed by atoms with Crippen LogP contribution < -0.4 is 9.47 Å². The van der Waals surface area contributed by atoms with E-state index in [0.29, 0.717) is 30.2 Å². The highest BCUT2D eigenvalue weighted by molar-refractivity contribution is 7.89. The zero-order chi connectivity index (χ0) is 24.0. The fourth-order valence-corrected chi connectivity index (χ4v) is 5.91. The number of hydrogen-bond acceptors (Lipinski definition) is 5. The Bertz CT molecular complexity index is 1050. The molecule has 1 aliphatic heterocycles. The van der Waals surface area contributed by atoms with Gasteiger partial charge in [-0.1, -0.05) is 12.5 Å². The van der Waals surface area contributed by atoms with Crippen LogP contribution in [0.2, 0.25) is 0 Å². The van der Waals surface area contributed by atoms with Gasteiger partial charge in [0, 0.05) is 31.7 Å². The summed E-state index contributed by atoms with van der Waals surface area (Å²) in [6, 6.07) is 12.1. The molecule has 1 aliphatic rings. The first-order valence-electron chi connectivity index (χ1n) is 11.4. The van der Waals surface area contributed by atoms with Gasteiger partial charge in [-0.3, -0.25) is 4.79 Å². The molecular formula is C25H34N2O5S. The molecule has 1 saturated heterocycles. The van der Waals surface area contributed by atoms with E-state index in [-0.39, 0.29) is 16.8 Å². The minimum atomic E-state index is -3.54. The van der Waals surface area contributed by atoms with Gasteiger partial charge in [0.15, 0.2) is 11.5 Å². The Morgan fingerprint density at radius 1 is 1.06 bits per heavy atom. The van der Waals surface area contributed by atoms with Gasteiger partial charge in [0.1, 0.15) is 0 Å². The van der Waals surface area contributed by atoms with Crippen molar-refractivity contribution in [1.82, 2.24) is 9.21 Å². The molecule has 1 atom stereocenters. The van der Waals surface area contributed by atoms with Gasteiger partial charge in [-0.15, -0.1) is 0 Å². The number of aryl methyl sites for hydroxylation is 1. The normalized spacial score (nSPS) is 16.9. The molecule has 1 amide bonds. The lowest BCUT2D eigenvalue weighted by molar-refractivity contribution is 0.0793. The standard InChI is InChI=1S/C25H34N2O5S/c1-19-8-5-6-17-27(19)33(29,30)22-13-11-21(12-14-22)25(28)26(2)16-7-9-20-10-15-23(31-3)24(18-20)32-4/h10-15,18-19H,5-9,16-17H2,1-4H3/t19-/m0/s1. The van der Waals surface area contributed by atoms with Crippen LogP contribution in [0.5, 0.6) is 11.5 Å². The molecule has 0 bridgehead atoms. The summed E-state index contributed by atoms with van der Waals surface area (Å²) in [5, 5.41) is 0. The number of sulfonamides is 1. The van der Waals surface area contributed by atoms with Crippen LogP contribution >= 0.6 is 0 Å². The summed E-state index contributed by atoms with van der Waals surface area (Å²) < 4.78 is 38.2. The fourth-order valence-electron chi connectivity index (χ4n) is 4.21. The Balaban J connectivity index is 1.58. The lowest BCUT2D eigenvalue weighted by Crippen LogP contribution is -2.41. The van der Waals surface area contributed by atoms with E-state index in [9.17, 15) is 13.2 Å². The molecule has 3 rings (SSSR count). The van der Waals surface area contributed by atoms with Crippen molar-refractivity contribution in [3.8, 4) is 11.5 Å². The lowest BCUT2D eigenvalue weighted by Gasteiger charge is -2.32. The first kappa shape index (κ1) is 25.1. The molecule has 2 aromatic carbocycles. The van der Waals surface area contributed by atoms with E-state index in [2.05, 4.69) is 0 Å². The summed E-state index contributed by atoms with van der Waals surface area (Å²) in [5.41, 5.74) is 1.59. The zero-order valence-electron chi connectivity index (χ0n) is 19.9. The number of piperidine rings is 1. The molecule has 8 heteroatoms. The van der Waals surface area contributed by atoms with Crippen LogP contribution in [-0.4, -0.2) is 63.9 Å². The van der Waals surface area contributed by atoms with Gasteiger partial charge in [0.2, 0.25) is 10.0 Å². The summed E-state index contributed by atoms with van der Waals surface area (Å²) in [5.74, 6) is 1.25. The van der Waals surface area contributed by atoms with Crippen LogP contribution in [0.25, 0.3) is 0 Å². The van der Waals surface area contributed by atoms with Crippen LogP contribution in [-0.2, 0) is 16.4 Å². The second-order valence-corrected chi connectivity index (χ2v) is 10.4. The molecule has 0 aromatic heterocycles. The van der Waals surface area contributed by atoms with E-state index < -0.39 is 10.0 Å². The second-order valence-electron chi connectivity index (χ2n) is 8.50. The Morgan fingerprint density at radius 3 is 2.39 bits per heavy atom. The molecule has 0 saturated carbocycles. The van der Waals surface area contributed by atoms with Crippen molar-refractivity contribution in [2.45, 2.75) is 50.0 Å². The van der Waals surface area contributed by atoms with E-state index in [1.165, 1.54) is 0 Å². The monoisotopic (exact) mass is 474 g/mol. The smallest absolute Gasteiger partial charge is 0.253 e. The summed E-state index contributed by atoms with van der Waals surface area (Å²) in [6.45, 7) is 3.08. The predicted octanol–water partition coefficient (Wildman–Crippen LogP) is 3.97. The first-order chi connectivity index (χ1) is 15.8. The number of benzene rings is 2. The fraction of sp³-hybridized carbons (Fsp3) is 0.480. The van der Waals surface area contributed by atoms with Gasteiger partial charge < -0.3 is 14.4 Å². The molecule has 2 aromatic rings. The summed E-state index contributed by atoms with van der Waals surface area (Å²) in [4.78, 5) is 14.7. The number of ether oxygens (including phenoxy) is 2. The predicted molar refractivity (Wildman–Crippen MR) is 128 cm³/mol. The highest BCUT2D eigenvalue weighted by atomic mass is 32.2. The minimum absolute atomic E-state index is 0.00172. The van der Waals surface area contributed by atoms with Crippen molar-refractivity contribution in [2.24, 2.45) is 0 Å². The van der Waals surface area contributed by atoms with E-state index in [1.54, 1.807) is 54.7 Å². The lowest BCUT2D eigenvalue weighted by atomic mass is 10.1. The van der Waals surface area contributed by atoms with Gasteiger partial charge in [-0.05, 0) is 74.6 Å². The number of hydrogen-bond donors (Lipinski definition) is 0. The molecular weight excluding hydrogens is 440 g/mol. The number of carbonyl (C=O) groups is 1. The highest BCUT2D eigenvalue weighted by Gasteiger charge is 2.31. The molecule has 0 radical (unpaired) electrons. The van der Waals surface area contributed by atoms with Gasteiger partial charge in [-0.25, -0.2) is 8.42 Å². The van der Waals surface area contributed by atoms with Crippen molar-refractivity contribution < 1.29 is 22.7 Å². The van der Waals surface area contributed by atoms with E-state index in [1.807, 2.05) is 25.1 Å². The average Bonchev–Trinajstić information content (AvgIpc) is 2.83. The van der Waals surface area contributed by atoms with Gasteiger partial charge in [-0.2, -0.15) is 4.31 Å². The Hall–Kier alpha value is -2.58. The average molecular weight is 475 g/mol. The molecule has 1 heterocycles. The maximum atomic E-state index is 13.0.